The molecular weight excluding hydrogens is 214 g/mol. The molecule has 3 heterocycles. The van der Waals surface area contributed by atoms with Crippen LogP contribution in [0.15, 0.2) is 18.3 Å². The fraction of sp³-hybridized carbons (Fsp3) is 0.538. The highest BCUT2D eigenvalue weighted by Gasteiger charge is 2.37. The lowest BCUT2D eigenvalue weighted by molar-refractivity contribution is -0.118. The Morgan fingerprint density at radius 3 is 3.29 bits per heavy atom. The summed E-state index contributed by atoms with van der Waals surface area (Å²) in [6, 6.07) is 3.76. The molecule has 17 heavy (non-hydrogen) atoms. The zero-order valence-corrected chi connectivity index (χ0v) is 10.0. The summed E-state index contributed by atoms with van der Waals surface area (Å²) >= 11 is 0. The van der Waals surface area contributed by atoms with Crippen LogP contribution < -0.4 is 10.2 Å². The van der Waals surface area contributed by atoms with E-state index in [4.69, 9.17) is 0 Å². The number of amides is 1. The standard InChI is InChI=1S/C13H17N3O/c1-2-9-5-7-16-11(8-9)13(17)15-10-4-3-6-14-12(10)16/h3-4,6,9,11H,2,5,7-8H2,1H3,(H,15,17). The number of hydrogen-bond donors (Lipinski definition) is 1. The second-order valence-electron chi connectivity index (χ2n) is 4.87. The minimum absolute atomic E-state index is 0.0175. The molecule has 2 aliphatic rings. The van der Waals surface area contributed by atoms with Crippen molar-refractivity contribution in [2.24, 2.45) is 5.92 Å². The first-order valence-electron chi connectivity index (χ1n) is 6.32. The molecule has 1 fully saturated rings. The van der Waals surface area contributed by atoms with Crippen LogP contribution in [0, 0.1) is 5.92 Å². The van der Waals surface area contributed by atoms with Crippen molar-refractivity contribution in [1.82, 2.24) is 4.98 Å². The van der Waals surface area contributed by atoms with Gasteiger partial charge in [-0.15, -0.1) is 0 Å². The Labute approximate surface area is 101 Å². The van der Waals surface area contributed by atoms with Crippen molar-refractivity contribution in [3.05, 3.63) is 18.3 Å². The summed E-state index contributed by atoms with van der Waals surface area (Å²) in [6.07, 6.45) is 5.07. The number of carbonyl (C=O) groups excluding carboxylic acids is 1. The fourth-order valence-electron chi connectivity index (χ4n) is 2.85. The molecule has 1 aromatic rings. The first-order valence-corrected chi connectivity index (χ1v) is 6.32. The van der Waals surface area contributed by atoms with Gasteiger partial charge in [0, 0.05) is 12.7 Å². The molecule has 1 aromatic heterocycles. The zero-order chi connectivity index (χ0) is 11.8. The third-order valence-corrected chi connectivity index (χ3v) is 3.91. The summed E-state index contributed by atoms with van der Waals surface area (Å²) in [5.41, 5.74) is 0.851. The summed E-state index contributed by atoms with van der Waals surface area (Å²) in [5, 5.41) is 2.96. The number of nitrogens with zero attached hydrogens (tertiary/aromatic N) is 2. The van der Waals surface area contributed by atoms with Crippen LogP contribution in [0.25, 0.3) is 0 Å². The molecule has 2 aliphatic heterocycles. The number of rotatable bonds is 1. The van der Waals surface area contributed by atoms with Crippen molar-refractivity contribution in [3.63, 3.8) is 0 Å². The molecule has 90 valence electrons. The predicted octanol–water partition coefficient (Wildman–Crippen LogP) is 2.03. The van der Waals surface area contributed by atoms with Gasteiger partial charge in [0.25, 0.3) is 0 Å². The lowest BCUT2D eigenvalue weighted by Gasteiger charge is -2.42. The minimum atomic E-state index is -0.0175. The van der Waals surface area contributed by atoms with Gasteiger partial charge in [0.05, 0.1) is 5.69 Å². The van der Waals surface area contributed by atoms with Crippen LogP contribution in [0.1, 0.15) is 26.2 Å². The van der Waals surface area contributed by atoms with Crippen molar-refractivity contribution in [2.45, 2.75) is 32.2 Å². The number of aromatic nitrogens is 1. The number of piperidine rings is 1. The Bertz CT molecular complexity index is 446. The maximum Gasteiger partial charge on any atom is 0.247 e. The number of nitrogens with one attached hydrogen (secondary N) is 1. The van der Waals surface area contributed by atoms with E-state index >= 15 is 0 Å². The molecule has 0 spiro atoms. The van der Waals surface area contributed by atoms with E-state index in [1.165, 1.54) is 0 Å². The molecule has 0 bridgehead atoms. The lowest BCUT2D eigenvalue weighted by atomic mass is 9.87. The van der Waals surface area contributed by atoms with E-state index in [0.29, 0.717) is 5.92 Å². The Morgan fingerprint density at radius 2 is 2.47 bits per heavy atom. The molecule has 0 radical (unpaired) electrons. The van der Waals surface area contributed by atoms with E-state index in [0.717, 1.165) is 37.3 Å². The van der Waals surface area contributed by atoms with E-state index in [9.17, 15) is 4.79 Å². The fourth-order valence-corrected chi connectivity index (χ4v) is 2.85. The average Bonchev–Trinajstić information content (AvgIpc) is 2.38. The SMILES string of the molecule is CCC1CCN2c3ncccc3NC(=O)C2C1. The van der Waals surface area contributed by atoms with Crippen molar-refractivity contribution in [1.29, 1.82) is 0 Å². The third kappa shape index (κ3) is 1.68. The van der Waals surface area contributed by atoms with Crippen molar-refractivity contribution in [2.75, 3.05) is 16.8 Å². The summed E-state index contributed by atoms with van der Waals surface area (Å²) < 4.78 is 0. The summed E-state index contributed by atoms with van der Waals surface area (Å²) in [7, 11) is 0. The van der Waals surface area contributed by atoms with E-state index in [2.05, 4.69) is 22.1 Å². The molecule has 2 unspecified atom stereocenters. The largest absolute Gasteiger partial charge is 0.343 e. The topological polar surface area (TPSA) is 45.2 Å². The van der Waals surface area contributed by atoms with Crippen molar-refractivity contribution < 1.29 is 4.79 Å². The molecule has 4 heteroatoms. The summed E-state index contributed by atoms with van der Waals surface area (Å²) in [6.45, 7) is 3.15. The normalized spacial score (nSPS) is 27.1. The quantitative estimate of drug-likeness (QED) is 0.804. The average molecular weight is 231 g/mol. The molecule has 0 aliphatic carbocycles. The first kappa shape index (κ1) is 10.6. The molecule has 4 nitrogen and oxygen atoms in total. The van der Waals surface area contributed by atoms with Gasteiger partial charge in [0.1, 0.15) is 6.04 Å². The van der Waals surface area contributed by atoms with Crippen LogP contribution in [-0.4, -0.2) is 23.5 Å². The molecule has 1 amide bonds. The second-order valence-corrected chi connectivity index (χ2v) is 4.87. The maximum absolute atomic E-state index is 12.1. The Morgan fingerprint density at radius 1 is 1.59 bits per heavy atom. The zero-order valence-electron chi connectivity index (χ0n) is 10.0. The van der Waals surface area contributed by atoms with E-state index in [1.807, 2.05) is 12.1 Å². The van der Waals surface area contributed by atoms with Crippen LogP contribution >= 0.6 is 0 Å². The highest BCUT2D eigenvalue weighted by molar-refractivity contribution is 6.02. The van der Waals surface area contributed by atoms with E-state index < -0.39 is 0 Å². The number of hydrogen-bond acceptors (Lipinski definition) is 3. The number of anilines is 2. The molecule has 0 aromatic carbocycles. The van der Waals surface area contributed by atoms with Gasteiger partial charge in [-0.25, -0.2) is 4.98 Å². The summed E-state index contributed by atoms with van der Waals surface area (Å²) in [5.74, 6) is 1.74. The smallest absolute Gasteiger partial charge is 0.247 e. The summed E-state index contributed by atoms with van der Waals surface area (Å²) in [4.78, 5) is 18.6. The van der Waals surface area contributed by atoms with Gasteiger partial charge >= 0.3 is 0 Å². The van der Waals surface area contributed by atoms with Crippen LogP contribution in [-0.2, 0) is 4.79 Å². The molecular formula is C13H17N3O. The monoisotopic (exact) mass is 231 g/mol. The number of fused-ring (bicyclic) bond motifs is 3. The molecule has 0 saturated carbocycles. The Hall–Kier alpha value is -1.58. The van der Waals surface area contributed by atoms with Gasteiger partial charge in [-0.1, -0.05) is 13.3 Å². The highest BCUT2D eigenvalue weighted by Crippen LogP contribution is 2.36. The van der Waals surface area contributed by atoms with Crippen LogP contribution in [0.2, 0.25) is 0 Å². The van der Waals surface area contributed by atoms with Gasteiger partial charge in [-0.2, -0.15) is 0 Å². The molecule has 2 atom stereocenters. The van der Waals surface area contributed by atoms with Crippen molar-refractivity contribution in [3.8, 4) is 0 Å². The van der Waals surface area contributed by atoms with Crippen LogP contribution in [0.4, 0.5) is 11.5 Å². The van der Waals surface area contributed by atoms with Gasteiger partial charge in [0.2, 0.25) is 5.91 Å². The second kappa shape index (κ2) is 4.02. The Kier molecular flexibility index (Phi) is 2.50. The van der Waals surface area contributed by atoms with Gasteiger partial charge < -0.3 is 10.2 Å². The van der Waals surface area contributed by atoms with E-state index in [-0.39, 0.29) is 11.9 Å². The van der Waals surface area contributed by atoms with Gasteiger partial charge in [0.15, 0.2) is 5.82 Å². The van der Waals surface area contributed by atoms with Gasteiger partial charge in [-0.05, 0) is 30.9 Å². The maximum atomic E-state index is 12.1. The van der Waals surface area contributed by atoms with Crippen LogP contribution in [0.5, 0.6) is 0 Å². The first-order chi connectivity index (χ1) is 8.29. The number of carbonyl (C=O) groups is 1. The lowest BCUT2D eigenvalue weighted by Crippen LogP contribution is -2.52. The molecule has 1 saturated heterocycles. The van der Waals surface area contributed by atoms with Gasteiger partial charge in [-0.3, -0.25) is 4.79 Å². The molecule has 3 rings (SSSR count). The predicted molar refractivity (Wildman–Crippen MR) is 67.0 cm³/mol. The molecule has 1 N–H and O–H groups in total. The highest BCUT2D eigenvalue weighted by atomic mass is 16.2. The third-order valence-electron chi connectivity index (χ3n) is 3.91. The van der Waals surface area contributed by atoms with Crippen molar-refractivity contribution >= 4 is 17.4 Å². The minimum Gasteiger partial charge on any atom is -0.343 e. The van der Waals surface area contributed by atoms with E-state index in [1.54, 1.807) is 6.20 Å². The Balaban J connectivity index is 1.94. The number of pyridine rings is 1. The van der Waals surface area contributed by atoms with Crippen LogP contribution in [0.3, 0.4) is 0 Å².